The summed E-state index contributed by atoms with van der Waals surface area (Å²) < 4.78 is 33.8. The van der Waals surface area contributed by atoms with E-state index in [4.69, 9.17) is 16.3 Å². The molecule has 0 unspecified atom stereocenters. The highest BCUT2D eigenvalue weighted by Gasteiger charge is 2.20. The summed E-state index contributed by atoms with van der Waals surface area (Å²) in [5.74, 6) is -0.382. The summed E-state index contributed by atoms with van der Waals surface area (Å²) >= 11 is 6.18. The van der Waals surface area contributed by atoms with Crippen molar-refractivity contribution in [2.75, 3.05) is 31.0 Å². The summed E-state index contributed by atoms with van der Waals surface area (Å²) in [6.07, 6.45) is 0. The van der Waals surface area contributed by atoms with Gasteiger partial charge in [0.05, 0.1) is 18.2 Å². The predicted molar refractivity (Wildman–Crippen MR) is 137 cm³/mol. The van der Waals surface area contributed by atoms with Gasteiger partial charge in [-0.2, -0.15) is 0 Å². The molecule has 1 amide bonds. The summed E-state index contributed by atoms with van der Waals surface area (Å²) in [4.78, 5) is 15.0. The Labute approximate surface area is 211 Å². The van der Waals surface area contributed by atoms with Gasteiger partial charge in [0.15, 0.2) is 0 Å². The molecule has 1 aliphatic rings. The van der Waals surface area contributed by atoms with Crippen molar-refractivity contribution in [1.29, 1.82) is 0 Å². The van der Waals surface area contributed by atoms with E-state index in [-0.39, 0.29) is 21.4 Å². The lowest BCUT2D eigenvalue weighted by molar-refractivity contribution is 0.0342. The Bertz CT molecular complexity index is 1290. The maximum atomic E-state index is 12.9. The maximum Gasteiger partial charge on any atom is 0.263 e. The average Bonchev–Trinajstić information content (AvgIpc) is 2.85. The second kappa shape index (κ2) is 11.2. The number of carbonyl (C=O) groups is 1. The van der Waals surface area contributed by atoms with Crippen LogP contribution in [0.2, 0.25) is 5.02 Å². The van der Waals surface area contributed by atoms with Crippen molar-refractivity contribution >= 4 is 33.2 Å². The fourth-order valence-corrected chi connectivity index (χ4v) is 5.41. The smallest absolute Gasteiger partial charge is 0.263 e. The molecule has 3 aromatic rings. The van der Waals surface area contributed by atoms with Crippen LogP contribution in [0, 0.1) is 6.92 Å². The lowest BCUT2D eigenvalue weighted by atomic mass is 10.1. The van der Waals surface area contributed by atoms with Gasteiger partial charge in [0.25, 0.3) is 15.9 Å². The van der Waals surface area contributed by atoms with Crippen LogP contribution in [0.25, 0.3) is 0 Å². The third kappa shape index (κ3) is 6.82. The lowest BCUT2D eigenvalue weighted by Crippen LogP contribution is -2.35. The Morgan fingerprint density at radius 3 is 2.46 bits per heavy atom. The molecule has 2 N–H and O–H groups in total. The first-order valence-electron chi connectivity index (χ1n) is 11.4. The largest absolute Gasteiger partial charge is 0.379 e. The van der Waals surface area contributed by atoms with Crippen LogP contribution in [-0.2, 0) is 27.8 Å². The zero-order valence-corrected chi connectivity index (χ0v) is 21.0. The van der Waals surface area contributed by atoms with Crippen molar-refractivity contribution in [2.24, 2.45) is 0 Å². The highest BCUT2D eigenvalue weighted by atomic mass is 35.5. The molecule has 0 radical (unpaired) electrons. The number of halogens is 1. The molecular weight excluding hydrogens is 486 g/mol. The number of sulfonamides is 1. The van der Waals surface area contributed by atoms with Gasteiger partial charge < -0.3 is 10.1 Å². The number of hydrogen-bond acceptors (Lipinski definition) is 5. The maximum absolute atomic E-state index is 12.9. The van der Waals surface area contributed by atoms with Gasteiger partial charge in [-0.05, 0) is 48.4 Å². The molecule has 3 aromatic carbocycles. The van der Waals surface area contributed by atoms with Crippen LogP contribution < -0.4 is 10.0 Å². The highest BCUT2D eigenvalue weighted by Crippen LogP contribution is 2.25. The van der Waals surface area contributed by atoms with Crippen molar-refractivity contribution in [1.82, 2.24) is 10.2 Å². The molecule has 7 nitrogen and oxygen atoms in total. The number of amides is 1. The standard InChI is InChI=1S/C26H28ClN3O4S/c1-19-5-8-23(9-6-19)29-35(32,33)25-16-22(7-10-24(25)27)26(31)28-17-20-3-2-4-21(15-20)18-30-11-13-34-14-12-30/h2-10,15-16,29H,11-14,17-18H2,1H3,(H,28,31). The number of benzene rings is 3. The Morgan fingerprint density at radius 2 is 1.71 bits per heavy atom. The first kappa shape index (κ1) is 25.2. The Morgan fingerprint density at radius 1 is 1.00 bits per heavy atom. The molecule has 184 valence electrons. The second-order valence-electron chi connectivity index (χ2n) is 8.51. The van der Waals surface area contributed by atoms with Crippen LogP contribution in [0.5, 0.6) is 0 Å². The minimum Gasteiger partial charge on any atom is -0.379 e. The van der Waals surface area contributed by atoms with Gasteiger partial charge in [-0.25, -0.2) is 8.42 Å². The molecule has 9 heteroatoms. The first-order valence-corrected chi connectivity index (χ1v) is 13.2. The predicted octanol–water partition coefficient (Wildman–Crippen LogP) is 4.21. The minimum absolute atomic E-state index is 0.0389. The number of rotatable bonds is 8. The third-order valence-electron chi connectivity index (χ3n) is 5.74. The summed E-state index contributed by atoms with van der Waals surface area (Å²) in [5, 5.41) is 2.91. The van der Waals surface area contributed by atoms with E-state index in [1.165, 1.54) is 23.8 Å². The average molecular weight is 514 g/mol. The summed E-state index contributed by atoms with van der Waals surface area (Å²) in [7, 11) is -3.98. The Kier molecular flexibility index (Phi) is 8.07. The molecule has 0 bridgehead atoms. The van der Waals surface area contributed by atoms with E-state index in [0.717, 1.165) is 44.0 Å². The van der Waals surface area contributed by atoms with Crippen molar-refractivity contribution in [3.63, 3.8) is 0 Å². The number of hydrogen-bond donors (Lipinski definition) is 2. The summed E-state index contributed by atoms with van der Waals surface area (Å²) in [5.41, 5.74) is 3.77. The number of morpholine rings is 1. The van der Waals surface area contributed by atoms with Gasteiger partial charge in [0.2, 0.25) is 0 Å². The number of aryl methyl sites for hydroxylation is 1. The summed E-state index contributed by atoms with van der Waals surface area (Å²) in [6, 6.07) is 19.2. The van der Waals surface area contributed by atoms with Crippen LogP contribution in [0.1, 0.15) is 27.0 Å². The Balaban J connectivity index is 1.42. The molecule has 1 aliphatic heterocycles. The van der Waals surface area contributed by atoms with Crippen molar-refractivity contribution in [2.45, 2.75) is 24.9 Å². The van der Waals surface area contributed by atoms with Crippen molar-refractivity contribution in [3.8, 4) is 0 Å². The monoisotopic (exact) mass is 513 g/mol. The molecule has 1 heterocycles. The van der Waals surface area contributed by atoms with Crippen LogP contribution in [0.3, 0.4) is 0 Å². The highest BCUT2D eigenvalue weighted by molar-refractivity contribution is 7.92. The molecule has 0 aromatic heterocycles. The molecule has 4 rings (SSSR count). The van der Waals surface area contributed by atoms with E-state index in [2.05, 4.69) is 27.1 Å². The molecule has 1 fully saturated rings. The number of nitrogens with one attached hydrogen (secondary N) is 2. The van der Waals surface area contributed by atoms with Crippen molar-refractivity contribution < 1.29 is 17.9 Å². The van der Waals surface area contributed by atoms with Crippen LogP contribution in [0.15, 0.2) is 71.6 Å². The number of carbonyl (C=O) groups excluding carboxylic acids is 1. The normalized spacial score (nSPS) is 14.5. The lowest BCUT2D eigenvalue weighted by Gasteiger charge is -2.26. The molecule has 1 saturated heterocycles. The van der Waals surface area contributed by atoms with E-state index >= 15 is 0 Å². The summed E-state index contributed by atoms with van der Waals surface area (Å²) in [6.45, 7) is 6.37. The van der Waals surface area contributed by atoms with Gasteiger partial charge in [0, 0.05) is 37.4 Å². The fraction of sp³-hybridized carbons (Fsp3) is 0.269. The Hall–Kier alpha value is -2.91. The first-order chi connectivity index (χ1) is 16.8. The molecule has 0 saturated carbocycles. The van der Waals surface area contributed by atoms with E-state index in [1.807, 2.05) is 19.1 Å². The fourth-order valence-electron chi connectivity index (χ4n) is 3.82. The number of ether oxygens (including phenoxy) is 1. The molecular formula is C26H28ClN3O4S. The molecule has 0 spiro atoms. The molecule has 0 atom stereocenters. The topological polar surface area (TPSA) is 87.7 Å². The van der Waals surface area contributed by atoms with E-state index in [9.17, 15) is 13.2 Å². The molecule has 35 heavy (non-hydrogen) atoms. The van der Waals surface area contributed by atoms with E-state index < -0.39 is 10.0 Å². The zero-order chi connectivity index (χ0) is 24.8. The van der Waals surface area contributed by atoms with Crippen LogP contribution >= 0.6 is 11.6 Å². The van der Waals surface area contributed by atoms with Crippen LogP contribution in [-0.4, -0.2) is 45.5 Å². The van der Waals surface area contributed by atoms with Gasteiger partial charge in [-0.3, -0.25) is 14.4 Å². The van der Waals surface area contributed by atoms with Gasteiger partial charge >= 0.3 is 0 Å². The van der Waals surface area contributed by atoms with Gasteiger partial charge in [0.1, 0.15) is 4.90 Å². The second-order valence-corrected chi connectivity index (χ2v) is 10.6. The van der Waals surface area contributed by atoms with Gasteiger partial charge in [-0.1, -0.05) is 53.6 Å². The SMILES string of the molecule is Cc1ccc(NS(=O)(=O)c2cc(C(=O)NCc3cccc(CN4CCOCC4)c3)ccc2Cl)cc1. The van der Waals surface area contributed by atoms with Gasteiger partial charge in [-0.15, -0.1) is 0 Å². The quantitative estimate of drug-likeness (QED) is 0.471. The minimum atomic E-state index is -3.98. The number of anilines is 1. The van der Waals surface area contributed by atoms with E-state index in [1.54, 1.807) is 24.3 Å². The number of nitrogens with zero attached hydrogens (tertiary/aromatic N) is 1. The van der Waals surface area contributed by atoms with E-state index in [0.29, 0.717) is 12.2 Å². The zero-order valence-electron chi connectivity index (χ0n) is 19.5. The van der Waals surface area contributed by atoms with Crippen molar-refractivity contribution in [3.05, 3.63) is 94.0 Å². The molecule has 0 aliphatic carbocycles. The van der Waals surface area contributed by atoms with Crippen LogP contribution in [0.4, 0.5) is 5.69 Å². The third-order valence-corrected chi connectivity index (χ3v) is 7.60.